The highest BCUT2D eigenvalue weighted by atomic mass is 35.5. The van der Waals surface area contributed by atoms with Crippen LogP contribution in [0.3, 0.4) is 0 Å². The molecule has 1 saturated heterocycles. The van der Waals surface area contributed by atoms with E-state index < -0.39 is 0 Å². The van der Waals surface area contributed by atoms with Crippen molar-refractivity contribution in [2.24, 2.45) is 0 Å². The Morgan fingerprint density at radius 3 is 2.26 bits per heavy atom. The normalized spacial score (nSPS) is 18.7. The average Bonchev–Trinajstić information content (AvgIpc) is 2.42. The van der Waals surface area contributed by atoms with Crippen LogP contribution >= 0.6 is 11.6 Å². The van der Waals surface area contributed by atoms with Gasteiger partial charge in [-0.3, -0.25) is 4.90 Å². The number of rotatable bonds is 3. The summed E-state index contributed by atoms with van der Waals surface area (Å²) < 4.78 is 0. The van der Waals surface area contributed by atoms with Gasteiger partial charge in [0.05, 0.1) is 11.4 Å². The molecule has 2 heterocycles. The van der Waals surface area contributed by atoms with E-state index in [0.29, 0.717) is 11.2 Å². The van der Waals surface area contributed by atoms with Gasteiger partial charge in [-0.2, -0.15) is 0 Å². The largest absolute Gasteiger partial charge is 0.351 e. The van der Waals surface area contributed by atoms with E-state index in [1.807, 2.05) is 13.8 Å². The summed E-state index contributed by atoms with van der Waals surface area (Å²) in [5.41, 5.74) is 1.87. The Bertz CT molecular complexity index is 441. The van der Waals surface area contributed by atoms with Crippen LogP contribution in [0.1, 0.15) is 31.7 Å². The third-order valence-corrected chi connectivity index (χ3v) is 4.33. The number of halogens is 1. The lowest BCUT2D eigenvalue weighted by atomic mass is 10.2. The summed E-state index contributed by atoms with van der Waals surface area (Å²) >= 11 is 6.23. The van der Waals surface area contributed by atoms with Crippen molar-refractivity contribution >= 4 is 17.4 Å². The molecule has 1 fully saturated rings. The Morgan fingerprint density at radius 1 is 1.11 bits per heavy atom. The van der Waals surface area contributed by atoms with Crippen LogP contribution in [0.5, 0.6) is 0 Å². The van der Waals surface area contributed by atoms with Gasteiger partial charge in [0.2, 0.25) is 0 Å². The van der Waals surface area contributed by atoms with E-state index in [-0.39, 0.29) is 0 Å². The van der Waals surface area contributed by atoms with E-state index in [4.69, 9.17) is 11.6 Å². The monoisotopic (exact) mass is 282 g/mol. The topological polar surface area (TPSA) is 32.3 Å². The molecule has 1 aromatic heterocycles. The molecule has 4 nitrogen and oxygen atoms in total. The van der Waals surface area contributed by atoms with Gasteiger partial charge in [0.25, 0.3) is 0 Å². The van der Waals surface area contributed by atoms with Crippen molar-refractivity contribution in [2.45, 2.75) is 40.2 Å². The summed E-state index contributed by atoms with van der Waals surface area (Å²) in [6, 6.07) is 0.656. The van der Waals surface area contributed by atoms with Crippen molar-refractivity contribution in [3.63, 3.8) is 0 Å². The van der Waals surface area contributed by atoms with E-state index in [1.54, 1.807) is 0 Å². The summed E-state index contributed by atoms with van der Waals surface area (Å²) in [7, 11) is 0. The molecule has 2 rings (SSSR count). The summed E-state index contributed by atoms with van der Waals surface area (Å²) in [6.07, 6.45) is 1.20. The van der Waals surface area contributed by atoms with Crippen LogP contribution in [0.25, 0.3) is 0 Å². The number of hydrogen-bond acceptors (Lipinski definition) is 4. The van der Waals surface area contributed by atoms with E-state index in [0.717, 1.165) is 43.4 Å². The molecular weight excluding hydrogens is 260 g/mol. The Morgan fingerprint density at radius 2 is 1.68 bits per heavy atom. The van der Waals surface area contributed by atoms with Gasteiger partial charge in [-0.25, -0.2) is 9.97 Å². The first kappa shape index (κ1) is 14.5. The lowest BCUT2D eigenvalue weighted by molar-refractivity contribution is 0.192. The molecule has 1 unspecified atom stereocenters. The fourth-order valence-corrected chi connectivity index (χ4v) is 2.69. The number of piperazine rings is 1. The molecule has 106 valence electrons. The van der Waals surface area contributed by atoms with E-state index in [9.17, 15) is 0 Å². The molecule has 0 N–H and O–H groups in total. The van der Waals surface area contributed by atoms with E-state index >= 15 is 0 Å². The van der Waals surface area contributed by atoms with Gasteiger partial charge in [0.1, 0.15) is 0 Å². The van der Waals surface area contributed by atoms with Crippen molar-refractivity contribution < 1.29 is 0 Å². The molecule has 0 saturated carbocycles. The standard InChI is InChI=1S/C14H23ClN4/c1-5-10(2)18-6-8-19(9-7-18)14-13(15)16-11(3)12(4)17-14/h10H,5-9H2,1-4H3. The molecule has 1 aliphatic rings. The molecule has 0 bridgehead atoms. The third-order valence-electron chi connectivity index (χ3n) is 4.08. The van der Waals surface area contributed by atoms with Crippen molar-refractivity contribution in [3.8, 4) is 0 Å². The molecule has 0 aromatic carbocycles. The Balaban J connectivity index is 2.07. The van der Waals surface area contributed by atoms with Crippen LogP contribution in [0.2, 0.25) is 5.15 Å². The molecule has 1 aromatic rings. The predicted molar refractivity (Wildman–Crippen MR) is 80.1 cm³/mol. The van der Waals surface area contributed by atoms with E-state index in [2.05, 4.69) is 33.6 Å². The van der Waals surface area contributed by atoms with Crippen molar-refractivity contribution in [1.82, 2.24) is 14.9 Å². The van der Waals surface area contributed by atoms with Gasteiger partial charge >= 0.3 is 0 Å². The van der Waals surface area contributed by atoms with Gasteiger partial charge in [-0.1, -0.05) is 18.5 Å². The molecule has 0 spiro atoms. The third kappa shape index (κ3) is 3.18. The molecule has 19 heavy (non-hydrogen) atoms. The van der Waals surface area contributed by atoms with Crippen LogP contribution in [0.4, 0.5) is 5.82 Å². The molecule has 0 aliphatic carbocycles. The lowest BCUT2D eigenvalue weighted by Gasteiger charge is -2.38. The number of nitrogens with zero attached hydrogens (tertiary/aromatic N) is 4. The molecule has 0 amide bonds. The van der Waals surface area contributed by atoms with Crippen LogP contribution in [0, 0.1) is 13.8 Å². The fraction of sp³-hybridized carbons (Fsp3) is 0.714. The highest BCUT2D eigenvalue weighted by molar-refractivity contribution is 6.31. The van der Waals surface area contributed by atoms with Gasteiger partial charge in [0, 0.05) is 32.2 Å². The highest BCUT2D eigenvalue weighted by Crippen LogP contribution is 2.24. The maximum Gasteiger partial charge on any atom is 0.171 e. The van der Waals surface area contributed by atoms with Crippen molar-refractivity contribution in [1.29, 1.82) is 0 Å². The van der Waals surface area contributed by atoms with Gasteiger partial charge in [-0.15, -0.1) is 0 Å². The molecule has 1 atom stereocenters. The van der Waals surface area contributed by atoms with Gasteiger partial charge in [0.15, 0.2) is 11.0 Å². The van der Waals surface area contributed by atoms with Crippen LogP contribution in [-0.2, 0) is 0 Å². The smallest absolute Gasteiger partial charge is 0.171 e. The predicted octanol–water partition coefficient (Wildman–Crippen LogP) is 2.67. The van der Waals surface area contributed by atoms with Crippen LogP contribution in [0.15, 0.2) is 0 Å². The number of aryl methyl sites for hydroxylation is 2. The number of hydrogen-bond donors (Lipinski definition) is 0. The van der Waals surface area contributed by atoms with Crippen LogP contribution < -0.4 is 4.90 Å². The van der Waals surface area contributed by atoms with Crippen molar-refractivity contribution in [3.05, 3.63) is 16.5 Å². The fourth-order valence-electron chi connectivity index (χ4n) is 2.40. The summed E-state index contributed by atoms with van der Waals surface area (Å²) in [4.78, 5) is 13.7. The molecule has 0 radical (unpaired) electrons. The second-order valence-corrected chi connectivity index (χ2v) is 5.65. The molecule has 5 heteroatoms. The van der Waals surface area contributed by atoms with Crippen molar-refractivity contribution in [2.75, 3.05) is 31.1 Å². The quantitative estimate of drug-likeness (QED) is 0.853. The number of anilines is 1. The first-order valence-electron chi connectivity index (χ1n) is 7.02. The highest BCUT2D eigenvalue weighted by Gasteiger charge is 2.23. The van der Waals surface area contributed by atoms with Gasteiger partial charge in [-0.05, 0) is 27.2 Å². The zero-order valence-corrected chi connectivity index (χ0v) is 13.0. The minimum Gasteiger partial charge on any atom is -0.351 e. The zero-order valence-electron chi connectivity index (χ0n) is 12.3. The SMILES string of the molecule is CCC(C)N1CCN(c2nc(C)c(C)nc2Cl)CC1. The summed E-state index contributed by atoms with van der Waals surface area (Å²) in [5.74, 6) is 0.841. The summed E-state index contributed by atoms with van der Waals surface area (Å²) in [5, 5.41) is 0.528. The average molecular weight is 283 g/mol. The number of aromatic nitrogens is 2. The minimum atomic E-state index is 0.528. The molecule has 1 aliphatic heterocycles. The van der Waals surface area contributed by atoms with E-state index in [1.165, 1.54) is 6.42 Å². The molecular formula is C14H23ClN4. The Kier molecular flexibility index (Phi) is 4.63. The first-order valence-corrected chi connectivity index (χ1v) is 7.40. The Hall–Kier alpha value is -0.870. The van der Waals surface area contributed by atoms with Gasteiger partial charge < -0.3 is 4.90 Å². The minimum absolute atomic E-state index is 0.528. The zero-order chi connectivity index (χ0) is 14.0. The second-order valence-electron chi connectivity index (χ2n) is 5.29. The maximum atomic E-state index is 6.23. The maximum absolute atomic E-state index is 6.23. The first-order chi connectivity index (χ1) is 9.02. The summed E-state index contributed by atoms with van der Waals surface area (Å²) in [6.45, 7) is 12.5. The second kappa shape index (κ2) is 6.06. The lowest BCUT2D eigenvalue weighted by Crippen LogP contribution is -2.49. The Labute approximate surface area is 120 Å². The van der Waals surface area contributed by atoms with Crippen LogP contribution in [-0.4, -0.2) is 47.1 Å².